The minimum atomic E-state index is -0.761. The number of amides is 1. The number of primary amides is 1. The summed E-state index contributed by atoms with van der Waals surface area (Å²) in [4.78, 5) is 33.3. The van der Waals surface area contributed by atoms with Crippen molar-refractivity contribution in [1.82, 2.24) is 9.97 Å². The second-order valence-corrected chi connectivity index (χ2v) is 7.82. The predicted molar refractivity (Wildman–Crippen MR) is 122 cm³/mol. The fraction of sp³-hybridized carbons (Fsp3) is 0.167. The number of carbonyl (C=O) groups excluding carboxylic acids is 1. The van der Waals surface area contributed by atoms with Crippen molar-refractivity contribution in [2.24, 2.45) is 5.73 Å². The number of rotatable bonds is 5. The third kappa shape index (κ3) is 3.94. The molecular formula is C24H20ClN3O4. The van der Waals surface area contributed by atoms with Gasteiger partial charge in [0.1, 0.15) is 22.5 Å². The van der Waals surface area contributed by atoms with Gasteiger partial charge in [-0.15, -0.1) is 0 Å². The maximum atomic E-state index is 13.2. The van der Waals surface area contributed by atoms with Crippen LogP contribution in [-0.2, 0) is 0 Å². The minimum absolute atomic E-state index is 0.0761. The molecule has 0 aliphatic carbocycles. The van der Waals surface area contributed by atoms with Crippen molar-refractivity contribution in [3.05, 3.63) is 86.4 Å². The molecule has 0 radical (unpaired) electrons. The van der Waals surface area contributed by atoms with E-state index in [1.807, 2.05) is 19.1 Å². The summed E-state index contributed by atoms with van der Waals surface area (Å²) in [6.45, 7) is 5.39. The number of benzene rings is 1. The molecule has 0 saturated carbocycles. The number of fused-ring (bicyclic) bond motifs is 1. The van der Waals surface area contributed by atoms with E-state index in [4.69, 9.17) is 26.5 Å². The first-order chi connectivity index (χ1) is 15.3. The van der Waals surface area contributed by atoms with Gasteiger partial charge in [0.25, 0.3) is 5.91 Å². The lowest BCUT2D eigenvalue weighted by Gasteiger charge is -2.19. The van der Waals surface area contributed by atoms with Crippen LogP contribution in [0.1, 0.15) is 40.2 Å². The van der Waals surface area contributed by atoms with E-state index in [0.29, 0.717) is 33.6 Å². The summed E-state index contributed by atoms with van der Waals surface area (Å²) in [7, 11) is 0. The van der Waals surface area contributed by atoms with Gasteiger partial charge >= 0.3 is 0 Å². The van der Waals surface area contributed by atoms with Crippen molar-refractivity contribution in [2.45, 2.75) is 26.9 Å². The van der Waals surface area contributed by atoms with Crippen LogP contribution < -0.4 is 15.9 Å². The van der Waals surface area contributed by atoms with E-state index in [0.717, 1.165) is 5.56 Å². The van der Waals surface area contributed by atoms with Gasteiger partial charge in [0.2, 0.25) is 0 Å². The topological polar surface area (TPSA) is 108 Å². The van der Waals surface area contributed by atoms with E-state index in [-0.39, 0.29) is 22.0 Å². The molecular weight excluding hydrogens is 430 g/mol. The Balaban J connectivity index is 1.88. The molecule has 3 aromatic heterocycles. The summed E-state index contributed by atoms with van der Waals surface area (Å²) in [5.74, 6) is -0.182. The van der Waals surface area contributed by atoms with Crippen molar-refractivity contribution < 1.29 is 13.9 Å². The number of ether oxygens (including phenoxy) is 1. The number of aromatic nitrogens is 2. The molecule has 32 heavy (non-hydrogen) atoms. The summed E-state index contributed by atoms with van der Waals surface area (Å²) >= 11 is 5.89. The van der Waals surface area contributed by atoms with Crippen LogP contribution in [0.4, 0.5) is 0 Å². The molecule has 0 fully saturated rings. The Morgan fingerprint density at radius 1 is 1.19 bits per heavy atom. The zero-order valence-corrected chi connectivity index (χ0v) is 18.4. The van der Waals surface area contributed by atoms with Crippen LogP contribution in [0.5, 0.6) is 5.75 Å². The maximum absolute atomic E-state index is 13.2. The lowest BCUT2D eigenvalue weighted by atomic mass is 10.0. The SMILES string of the molecule is Cc1cc([C@@H](C)Oc2ccc(Cl)nc2C(N)=O)c2oc(-c3ccccn3)c(C)c(=O)c2c1. The van der Waals surface area contributed by atoms with Gasteiger partial charge in [0.05, 0.1) is 5.39 Å². The molecule has 0 aliphatic heterocycles. The predicted octanol–water partition coefficient (Wildman–Crippen LogP) is 4.76. The van der Waals surface area contributed by atoms with Gasteiger partial charge in [-0.2, -0.15) is 0 Å². The molecule has 0 saturated heterocycles. The summed E-state index contributed by atoms with van der Waals surface area (Å²) in [5.41, 5.74) is 8.13. The largest absolute Gasteiger partial charge is 0.483 e. The molecule has 3 heterocycles. The van der Waals surface area contributed by atoms with E-state index < -0.39 is 12.0 Å². The van der Waals surface area contributed by atoms with Crippen LogP contribution in [-0.4, -0.2) is 15.9 Å². The zero-order chi connectivity index (χ0) is 23.0. The minimum Gasteiger partial charge on any atom is -0.483 e. The lowest BCUT2D eigenvalue weighted by Crippen LogP contribution is -2.17. The van der Waals surface area contributed by atoms with Crippen LogP contribution in [0.2, 0.25) is 5.15 Å². The fourth-order valence-electron chi connectivity index (χ4n) is 3.56. The van der Waals surface area contributed by atoms with Crippen molar-refractivity contribution >= 4 is 28.5 Å². The monoisotopic (exact) mass is 449 g/mol. The smallest absolute Gasteiger partial charge is 0.271 e. The van der Waals surface area contributed by atoms with Gasteiger partial charge in [0.15, 0.2) is 22.6 Å². The molecule has 0 aliphatic rings. The first-order valence-corrected chi connectivity index (χ1v) is 10.3. The molecule has 1 amide bonds. The molecule has 2 N–H and O–H groups in total. The van der Waals surface area contributed by atoms with Crippen LogP contribution in [0.3, 0.4) is 0 Å². The van der Waals surface area contributed by atoms with Gasteiger partial charge in [-0.3, -0.25) is 14.6 Å². The van der Waals surface area contributed by atoms with Crippen molar-refractivity contribution in [3.63, 3.8) is 0 Å². The summed E-state index contributed by atoms with van der Waals surface area (Å²) < 4.78 is 12.3. The molecule has 1 atom stereocenters. The van der Waals surface area contributed by atoms with Crippen LogP contribution >= 0.6 is 11.6 Å². The molecule has 1 aromatic carbocycles. The number of nitrogens with zero attached hydrogens (tertiary/aromatic N) is 2. The Morgan fingerprint density at radius 3 is 2.66 bits per heavy atom. The highest BCUT2D eigenvalue weighted by Gasteiger charge is 2.22. The van der Waals surface area contributed by atoms with Gasteiger partial charge < -0.3 is 14.9 Å². The van der Waals surface area contributed by atoms with Crippen LogP contribution in [0.15, 0.2) is 57.9 Å². The quantitative estimate of drug-likeness (QED) is 0.440. The van der Waals surface area contributed by atoms with E-state index in [1.54, 1.807) is 38.2 Å². The second-order valence-electron chi connectivity index (χ2n) is 7.44. The summed E-state index contributed by atoms with van der Waals surface area (Å²) in [5, 5.41) is 0.568. The molecule has 7 nitrogen and oxygen atoms in total. The van der Waals surface area contributed by atoms with Crippen molar-refractivity contribution in [2.75, 3.05) is 0 Å². The summed E-state index contributed by atoms with van der Waals surface area (Å²) in [6, 6.07) is 12.1. The first kappa shape index (κ1) is 21.5. The highest BCUT2D eigenvalue weighted by Crippen LogP contribution is 2.33. The lowest BCUT2D eigenvalue weighted by molar-refractivity contribution is 0.0988. The molecule has 0 spiro atoms. The number of pyridine rings is 2. The van der Waals surface area contributed by atoms with Crippen LogP contribution in [0.25, 0.3) is 22.4 Å². The van der Waals surface area contributed by atoms with E-state index in [1.165, 1.54) is 12.1 Å². The summed E-state index contributed by atoms with van der Waals surface area (Å²) in [6.07, 6.45) is 1.04. The Labute approximate surface area is 188 Å². The molecule has 162 valence electrons. The number of aryl methyl sites for hydroxylation is 1. The highest BCUT2D eigenvalue weighted by atomic mass is 35.5. The second kappa shape index (κ2) is 8.43. The average molecular weight is 450 g/mol. The number of hydrogen-bond donors (Lipinski definition) is 1. The number of halogens is 1. The third-order valence-corrected chi connectivity index (χ3v) is 5.30. The van der Waals surface area contributed by atoms with Gasteiger partial charge in [-0.05, 0) is 62.7 Å². The Morgan fingerprint density at radius 2 is 1.97 bits per heavy atom. The zero-order valence-electron chi connectivity index (χ0n) is 17.7. The maximum Gasteiger partial charge on any atom is 0.271 e. The number of hydrogen-bond acceptors (Lipinski definition) is 6. The van der Waals surface area contributed by atoms with Gasteiger partial charge in [-0.25, -0.2) is 4.98 Å². The van der Waals surface area contributed by atoms with E-state index in [2.05, 4.69) is 9.97 Å². The molecule has 8 heteroatoms. The van der Waals surface area contributed by atoms with Crippen LogP contribution in [0, 0.1) is 13.8 Å². The molecule has 0 unspecified atom stereocenters. The average Bonchev–Trinajstić information content (AvgIpc) is 2.77. The van der Waals surface area contributed by atoms with Crippen molar-refractivity contribution in [1.29, 1.82) is 0 Å². The van der Waals surface area contributed by atoms with E-state index >= 15 is 0 Å². The third-order valence-electron chi connectivity index (χ3n) is 5.09. The standard InChI is InChI=1S/C24H20ClN3O4/c1-12-10-15(14(3)31-18-7-8-19(25)28-20(18)24(26)30)23-16(11-12)21(29)13(2)22(32-23)17-6-4-5-9-27-17/h4-11,14H,1-3H3,(H2,26,30)/t14-/m1/s1. The molecule has 4 rings (SSSR count). The highest BCUT2D eigenvalue weighted by molar-refractivity contribution is 6.29. The number of carbonyl (C=O) groups is 1. The van der Waals surface area contributed by atoms with Crippen molar-refractivity contribution in [3.8, 4) is 17.2 Å². The van der Waals surface area contributed by atoms with E-state index in [9.17, 15) is 9.59 Å². The van der Waals surface area contributed by atoms with Gasteiger partial charge in [0, 0.05) is 17.3 Å². The molecule has 0 bridgehead atoms. The number of nitrogens with two attached hydrogens (primary N) is 1. The Kier molecular flexibility index (Phi) is 5.67. The fourth-order valence-corrected chi connectivity index (χ4v) is 3.71. The first-order valence-electron chi connectivity index (χ1n) is 9.88. The molecule has 4 aromatic rings. The normalized spacial score (nSPS) is 12.0. The Hall–Kier alpha value is -3.71. The Bertz CT molecular complexity index is 1400. The van der Waals surface area contributed by atoms with Gasteiger partial charge in [-0.1, -0.05) is 17.7 Å².